The van der Waals surface area contributed by atoms with Gasteiger partial charge in [-0.05, 0) is 19.9 Å². The van der Waals surface area contributed by atoms with Gasteiger partial charge in [0, 0.05) is 0 Å². The normalized spacial score (nSPS) is 10.0. The van der Waals surface area contributed by atoms with Crippen molar-refractivity contribution in [2.24, 2.45) is 0 Å². The van der Waals surface area contributed by atoms with Crippen molar-refractivity contribution in [1.29, 1.82) is 0 Å². The smallest absolute Gasteiger partial charge is 0.125 e. The molecule has 0 amide bonds. The minimum Gasteiger partial charge on any atom is -0.346 e. The SMILES string of the molecule is CC=COOCC. The van der Waals surface area contributed by atoms with E-state index in [9.17, 15) is 0 Å². The quantitative estimate of drug-likeness (QED) is 0.232. The minimum absolute atomic E-state index is 0.588. The molecule has 7 heavy (non-hydrogen) atoms. The van der Waals surface area contributed by atoms with Gasteiger partial charge in [-0.25, -0.2) is 0 Å². The van der Waals surface area contributed by atoms with Gasteiger partial charge < -0.3 is 4.89 Å². The van der Waals surface area contributed by atoms with Gasteiger partial charge in [-0.2, -0.15) is 4.89 Å². The molecule has 0 N–H and O–H groups in total. The van der Waals surface area contributed by atoms with Crippen LogP contribution in [-0.4, -0.2) is 6.61 Å². The first-order valence-corrected chi connectivity index (χ1v) is 2.31. The Balaban J connectivity index is 2.69. The first-order chi connectivity index (χ1) is 3.41. The van der Waals surface area contributed by atoms with Crippen molar-refractivity contribution in [1.82, 2.24) is 0 Å². The predicted molar refractivity (Wildman–Crippen MR) is 27.5 cm³/mol. The average molecular weight is 102 g/mol. The molecular weight excluding hydrogens is 92.1 g/mol. The zero-order valence-electron chi connectivity index (χ0n) is 4.68. The summed E-state index contributed by atoms with van der Waals surface area (Å²) in [5.74, 6) is 0. The number of hydrogen-bond acceptors (Lipinski definition) is 2. The largest absolute Gasteiger partial charge is 0.346 e. The molecule has 0 aliphatic heterocycles. The summed E-state index contributed by atoms with van der Waals surface area (Å²) in [4.78, 5) is 8.94. The summed E-state index contributed by atoms with van der Waals surface area (Å²) < 4.78 is 0. The molecule has 0 aromatic carbocycles. The second kappa shape index (κ2) is 5.50. The van der Waals surface area contributed by atoms with Crippen molar-refractivity contribution in [3.8, 4) is 0 Å². The molecule has 0 aliphatic carbocycles. The predicted octanol–water partition coefficient (Wildman–Crippen LogP) is 1.49. The third kappa shape index (κ3) is 5.50. The lowest BCUT2D eigenvalue weighted by atomic mass is 10.7. The van der Waals surface area contributed by atoms with E-state index >= 15 is 0 Å². The molecule has 0 spiro atoms. The minimum atomic E-state index is 0.588. The average Bonchev–Trinajstić information content (AvgIpc) is 1.69. The Morgan fingerprint density at radius 1 is 1.57 bits per heavy atom. The molecule has 42 valence electrons. The van der Waals surface area contributed by atoms with E-state index in [1.54, 1.807) is 6.08 Å². The first-order valence-electron chi connectivity index (χ1n) is 2.31. The number of hydrogen-bond donors (Lipinski definition) is 0. The molecule has 0 rings (SSSR count). The van der Waals surface area contributed by atoms with Gasteiger partial charge in [0.05, 0.1) is 6.61 Å². The fraction of sp³-hybridized carbons (Fsp3) is 0.600. The Bertz CT molecular complexity index is 50.0. The molecule has 0 saturated carbocycles. The Labute approximate surface area is 43.7 Å². The molecule has 0 bridgehead atoms. The van der Waals surface area contributed by atoms with Crippen LogP contribution in [0.25, 0.3) is 0 Å². The molecule has 0 heterocycles. The zero-order valence-corrected chi connectivity index (χ0v) is 4.68. The number of allylic oxidation sites excluding steroid dienone is 1. The molecule has 0 radical (unpaired) electrons. The molecule has 2 nitrogen and oxygen atoms in total. The van der Waals surface area contributed by atoms with Crippen LogP contribution in [0.2, 0.25) is 0 Å². The molecule has 0 aromatic rings. The number of rotatable bonds is 3. The Morgan fingerprint density at radius 2 is 2.29 bits per heavy atom. The zero-order chi connectivity index (χ0) is 5.54. The lowest BCUT2D eigenvalue weighted by molar-refractivity contribution is -0.244. The second-order valence-electron chi connectivity index (χ2n) is 0.972. The van der Waals surface area contributed by atoms with Crippen LogP contribution in [0, 0.1) is 0 Å². The Kier molecular flexibility index (Phi) is 5.11. The molecule has 0 aromatic heterocycles. The van der Waals surface area contributed by atoms with Crippen molar-refractivity contribution in [2.75, 3.05) is 6.61 Å². The van der Waals surface area contributed by atoms with Crippen molar-refractivity contribution >= 4 is 0 Å². The lowest BCUT2D eigenvalue weighted by Gasteiger charge is -1.91. The molecule has 0 fully saturated rings. The summed E-state index contributed by atoms with van der Waals surface area (Å²) in [7, 11) is 0. The van der Waals surface area contributed by atoms with Crippen molar-refractivity contribution in [3.63, 3.8) is 0 Å². The van der Waals surface area contributed by atoms with Gasteiger partial charge in [0.1, 0.15) is 6.26 Å². The van der Waals surface area contributed by atoms with E-state index in [1.165, 1.54) is 6.26 Å². The highest BCUT2D eigenvalue weighted by molar-refractivity contribution is 4.62. The summed E-state index contributed by atoms with van der Waals surface area (Å²) >= 11 is 0. The molecular formula is C5H10O2. The third-order valence-corrected chi connectivity index (χ3v) is 0.378. The van der Waals surface area contributed by atoms with Crippen molar-refractivity contribution < 1.29 is 9.78 Å². The summed E-state index contributed by atoms with van der Waals surface area (Å²) in [6, 6.07) is 0. The van der Waals surface area contributed by atoms with Gasteiger partial charge in [0.15, 0.2) is 0 Å². The van der Waals surface area contributed by atoms with Gasteiger partial charge in [0.25, 0.3) is 0 Å². The standard InChI is InChI=1S/C5H10O2/c1-3-5-7-6-4-2/h3,5H,4H2,1-2H3. The van der Waals surface area contributed by atoms with Gasteiger partial charge in [-0.15, -0.1) is 0 Å². The van der Waals surface area contributed by atoms with Crippen LogP contribution >= 0.6 is 0 Å². The van der Waals surface area contributed by atoms with E-state index in [0.717, 1.165) is 0 Å². The van der Waals surface area contributed by atoms with Crippen LogP contribution in [0.4, 0.5) is 0 Å². The van der Waals surface area contributed by atoms with Crippen LogP contribution in [-0.2, 0) is 9.78 Å². The van der Waals surface area contributed by atoms with Gasteiger partial charge in [-0.1, -0.05) is 0 Å². The highest BCUT2D eigenvalue weighted by Crippen LogP contribution is 1.76. The topological polar surface area (TPSA) is 18.5 Å². The summed E-state index contributed by atoms with van der Waals surface area (Å²) in [5, 5.41) is 0. The van der Waals surface area contributed by atoms with E-state index in [2.05, 4.69) is 9.78 Å². The Morgan fingerprint density at radius 3 is 2.71 bits per heavy atom. The Hall–Kier alpha value is -0.500. The third-order valence-electron chi connectivity index (χ3n) is 0.378. The van der Waals surface area contributed by atoms with Gasteiger partial charge in [-0.3, -0.25) is 0 Å². The van der Waals surface area contributed by atoms with Gasteiger partial charge in [0.2, 0.25) is 0 Å². The summed E-state index contributed by atoms with van der Waals surface area (Å²) in [6.45, 7) is 4.31. The van der Waals surface area contributed by atoms with Crippen LogP contribution in [0.1, 0.15) is 13.8 Å². The van der Waals surface area contributed by atoms with E-state index in [4.69, 9.17) is 0 Å². The molecule has 2 heteroatoms. The summed E-state index contributed by atoms with van der Waals surface area (Å²) in [6.07, 6.45) is 3.25. The monoisotopic (exact) mass is 102 g/mol. The fourth-order valence-electron chi connectivity index (χ4n) is 0.163. The van der Waals surface area contributed by atoms with Crippen molar-refractivity contribution in [3.05, 3.63) is 12.3 Å². The maximum atomic E-state index is 4.49. The van der Waals surface area contributed by atoms with Crippen LogP contribution in [0.15, 0.2) is 12.3 Å². The van der Waals surface area contributed by atoms with E-state index in [0.29, 0.717) is 6.61 Å². The van der Waals surface area contributed by atoms with Crippen LogP contribution < -0.4 is 0 Å². The molecule has 0 atom stereocenters. The maximum absolute atomic E-state index is 4.49. The lowest BCUT2D eigenvalue weighted by Crippen LogP contribution is -1.83. The van der Waals surface area contributed by atoms with Gasteiger partial charge >= 0.3 is 0 Å². The highest BCUT2D eigenvalue weighted by atomic mass is 17.2. The van der Waals surface area contributed by atoms with E-state index in [-0.39, 0.29) is 0 Å². The second-order valence-corrected chi connectivity index (χ2v) is 0.972. The summed E-state index contributed by atoms with van der Waals surface area (Å²) in [5.41, 5.74) is 0. The van der Waals surface area contributed by atoms with Crippen LogP contribution in [0.3, 0.4) is 0 Å². The van der Waals surface area contributed by atoms with E-state index in [1.807, 2.05) is 13.8 Å². The molecule has 0 aliphatic rings. The first kappa shape index (κ1) is 6.50. The molecule has 0 saturated heterocycles. The van der Waals surface area contributed by atoms with Crippen LogP contribution in [0.5, 0.6) is 0 Å². The highest BCUT2D eigenvalue weighted by Gasteiger charge is 1.69. The maximum Gasteiger partial charge on any atom is 0.125 e. The fourth-order valence-corrected chi connectivity index (χ4v) is 0.163. The van der Waals surface area contributed by atoms with Crippen molar-refractivity contribution in [2.45, 2.75) is 13.8 Å². The molecule has 0 unspecified atom stereocenters. The van der Waals surface area contributed by atoms with E-state index < -0.39 is 0 Å².